The number of likely N-dealkylation sites (N-methyl/N-ethyl adjacent to an activating group) is 1. The third-order valence-corrected chi connectivity index (χ3v) is 3.78. The second-order valence-electron chi connectivity index (χ2n) is 3.21. The monoisotopic (exact) mass is 203 g/mol. The maximum atomic E-state index is 11.2. The van der Waals surface area contributed by atoms with Crippen molar-refractivity contribution >= 4 is 10.1 Å². The Labute approximate surface area is 78.3 Å². The molecule has 0 radical (unpaired) electrons. The minimum absolute atomic E-state index is 0.273. The summed E-state index contributed by atoms with van der Waals surface area (Å²) in [5, 5.41) is 0. The summed E-state index contributed by atoms with van der Waals surface area (Å²) in [4.78, 5) is 0.198. The molecule has 0 saturated heterocycles. The lowest BCUT2D eigenvalue weighted by molar-refractivity contribution is 0.270. The van der Waals surface area contributed by atoms with Crippen LogP contribution in [0.15, 0.2) is 24.3 Å². The highest BCUT2D eigenvalue weighted by Crippen LogP contribution is 2.28. The van der Waals surface area contributed by atoms with E-state index in [0.717, 1.165) is 0 Å². The van der Waals surface area contributed by atoms with Crippen LogP contribution < -0.4 is 0 Å². The molecule has 1 rings (SSSR count). The summed E-state index contributed by atoms with van der Waals surface area (Å²) in [5.41, 5.74) is 0. The van der Waals surface area contributed by atoms with Gasteiger partial charge in [0.2, 0.25) is 0 Å². The van der Waals surface area contributed by atoms with Crippen LogP contribution in [0.3, 0.4) is 0 Å². The zero-order chi connectivity index (χ0) is 10.1. The van der Waals surface area contributed by atoms with E-state index >= 15 is 0 Å². The van der Waals surface area contributed by atoms with E-state index in [1.165, 1.54) is 11.0 Å². The SMILES string of the molecule is CN(C)C1(S(=O)(=O)O)C=CC=CC1. The van der Waals surface area contributed by atoms with E-state index in [9.17, 15) is 8.42 Å². The normalized spacial score (nSPS) is 28.3. The predicted octanol–water partition coefficient (Wildman–Crippen LogP) is 0.648. The first-order valence-electron chi connectivity index (χ1n) is 3.89. The van der Waals surface area contributed by atoms with Crippen LogP contribution in [0, 0.1) is 0 Å². The van der Waals surface area contributed by atoms with E-state index in [-0.39, 0.29) is 6.42 Å². The Hall–Kier alpha value is -0.650. The van der Waals surface area contributed by atoms with Crippen LogP contribution >= 0.6 is 0 Å². The van der Waals surface area contributed by atoms with Gasteiger partial charge in [0.25, 0.3) is 10.1 Å². The van der Waals surface area contributed by atoms with Gasteiger partial charge in [-0.1, -0.05) is 18.2 Å². The largest absolute Gasteiger partial charge is 0.288 e. The van der Waals surface area contributed by atoms with Crippen LogP contribution in [0.25, 0.3) is 0 Å². The number of hydrogen-bond donors (Lipinski definition) is 1. The molecule has 74 valence electrons. The number of hydrogen-bond acceptors (Lipinski definition) is 3. The molecule has 0 saturated carbocycles. The van der Waals surface area contributed by atoms with Crippen molar-refractivity contribution in [2.75, 3.05) is 14.1 Å². The molecule has 0 fully saturated rings. The summed E-state index contributed by atoms with van der Waals surface area (Å²) in [5.74, 6) is 0. The number of allylic oxidation sites excluding steroid dienone is 2. The highest BCUT2D eigenvalue weighted by molar-refractivity contribution is 7.87. The lowest BCUT2D eigenvalue weighted by atomic mass is 10.1. The topological polar surface area (TPSA) is 57.6 Å². The summed E-state index contributed by atoms with van der Waals surface area (Å²) in [6.07, 6.45) is 6.86. The molecule has 0 bridgehead atoms. The Kier molecular flexibility index (Phi) is 2.61. The van der Waals surface area contributed by atoms with Crippen LogP contribution in [-0.4, -0.2) is 36.8 Å². The Morgan fingerprint density at radius 1 is 1.38 bits per heavy atom. The Bertz CT molecular complexity index is 342. The van der Waals surface area contributed by atoms with Gasteiger partial charge in [-0.2, -0.15) is 8.42 Å². The zero-order valence-electron chi connectivity index (χ0n) is 7.64. The molecule has 4 nitrogen and oxygen atoms in total. The minimum Gasteiger partial charge on any atom is -0.285 e. The van der Waals surface area contributed by atoms with Gasteiger partial charge in [-0.15, -0.1) is 0 Å². The molecule has 5 heteroatoms. The molecule has 0 aromatic rings. The molecule has 1 N–H and O–H groups in total. The van der Waals surface area contributed by atoms with Gasteiger partial charge < -0.3 is 0 Å². The van der Waals surface area contributed by atoms with Gasteiger partial charge >= 0.3 is 0 Å². The summed E-state index contributed by atoms with van der Waals surface area (Å²) in [6.45, 7) is 0. The molecule has 1 atom stereocenters. The Morgan fingerprint density at radius 2 is 2.00 bits per heavy atom. The van der Waals surface area contributed by atoms with Crippen molar-refractivity contribution in [1.29, 1.82) is 0 Å². The number of nitrogens with zero attached hydrogens (tertiary/aromatic N) is 1. The molecule has 0 aromatic carbocycles. The van der Waals surface area contributed by atoms with Crippen molar-refractivity contribution in [3.8, 4) is 0 Å². The standard InChI is InChI=1S/C8H13NO3S/c1-9(2)8(13(10,11)12)6-4-3-5-7-8/h3-6H,7H2,1-2H3,(H,10,11,12). The quantitative estimate of drug-likeness (QED) is 0.669. The fourth-order valence-corrected chi connectivity index (χ4v) is 2.36. The van der Waals surface area contributed by atoms with Crippen molar-refractivity contribution in [2.45, 2.75) is 11.3 Å². The number of rotatable bonds is 2. The van der Waals surface area contributed by atoms with Gasteiger partial charge in [0, 0.05) is 6.42 Å². The second kappa shape index (κ2) is 3.25. The van der Waals surface area contributed by atoms with E-state index in [0.29, 0.717) is 0 Å². The molecule has 1 unspecified atom stereocenters. The highest BCUT2D eigenvalue weighted by Gasteiger charge is 2.42. The van der Waals surface area contributed by atoms with Crippen molar-refractivity contribution < 1.29 is 13.0 Å². The van der Waals surface area contributed by atoms with E-state index in [2.05, 4.69) is 0 Å². The van der Waals surface area contributed by atoms with Gasteiger partial charge in [0.05, 0.1) is 0 Å². The highest BCUT2D eigenvalue weighted by atomic mass is 32.2. The average molecular weight is 203 g/mol. The van der Waals surface area contributed by atoms with Crippen LogP contribution in [0.5, 0.6) is 0 Å². The van der Waals surface area contributed by atoms with E-state index in [1.807, 2.05) is 0 Å². The molecule has 0 aliphatic heterocycles. The van der Waals surface area contributed by atoms with E-state index in [1.54, 1.807) is 32.3 Å². The summed E-state index contributed by atoms with van der Waals surface area (Å²) >= 11 is 0. The Morgan fingerprint density at radius 3 is 2.23 bits per heavy atom. The Balaban J connectivity index is 3.19. The van der Waals surface area contributed by atoms with Crippen molar-refractivity contribution in [3.05, 3.63) is 24.3 Å². The molecule has 13 heavy (non-hydrogen) atoms. The van der Waals surface area contributed by atoms with Crippen molar-refractivity contribution in [3.63, 3.8) is 0 Å². The molecule has 0 heterocycles. The predicted molar refractivity (Wildman–Crippen MR) is 50.9 cm³/mol. The van der Waals surface area contributed by atoms with Crippen molar-refractivity contribution in [1.82, 2.24) is 4.90 Å². The second-order valence-corrected chi connectivity index (χ2v) is 4.86. The minimum atomic E-state index is -4.10. The molecule has 1 aliphatic carbocycles. The van der Waals surface area contributed by atoms with Gasteiger partial charge in [-0.3, -0.25) is 9.45 Å². The molecule has 1 aliphatic rings. The first kappa shape index (κ1) is 10.4. The third-order valence-electron chi connectivity index (χ3n) is 2.22. The maximum Gasteiger partial charge on any atom is 0.288 e. The third kappa shape index (κ3) is 1.67. The van der Waals surface area contributed by atoms with Crippen LogP contribution in [0.1, 0.15) is 6.42 Å². The fraction of sp³-hybridized carbons (Fsp3) is 0.500. The molecular formula is C8H13NO3S. The lowest BCUT2D eigenvalue weighted by Gasteiger charge is -2.34. The van der Waals surface area contributed by atoms with Gasteiger partial charge in [0.1, 0.15) is 0 Å². The maximum absolute atomic E-state index is 11.2. The van der Waals surface area contributed by atoms with E-state index in [4.69, 9.17) is 4.55 Å². The van der Waals surface area contributed by atoms with Gasteiger partial charge in [0.15, 0.2) is 4.87 Å². The van der Waals surface area contributed by atoms with Gasteiger partial charge in [-0.05, 0) is 20.2 Å². The first-order chi connectivity index (χ1) is 5.90. The lowest BCUT2D eigenvalue weighted by Crippen LogP contribution is -2.49. The van der Waals surface area contributed by atoms with Crippen molar-refractivity contribution in [2.24, 2.45) is 0 Å². The van der Waals surface area contributed by atoms with Crippen LogP contribution in [0.2, 0.25) is 0 Å². The van der Waals surface area contributed by atoms with Gasteiger partial charge in [-0.25, -0.2) is 0 Å². The van der Waals surface area contributed by atoms with Crippen LogP contribution in [-0.2, 0) is 10.1 Å². The molecule has 0 amide bonds. The molecular weight excluding hydrogens is 190 g/mol. The van der Waals surface area contributed by atoms with E-state index < -0.39 is 15.0 Å². The van der Waals surface area contributed by atoms with Crippen LogP contribution in [0.4, 0.5) is 0 Å². The fourth-order valence-electron chi connectivity index (χ4n) is 1.34. The average Bonchev–Trinajstić information content (AvgIpc) is 2.03. The molecule has 0 spiro atoms. The summed E-state index contributed by atoms with van der Waals surface area (Å²) in [7, 11) is -0.854. The molecule has 0 aromatic heterocycles. The smallest absolute Gasteiger partial charge is 0.285 e. The zero-order valence-corrected chi connectivity index (χ0v) is 8.45. The first-order valence-corrected chi connectivity index (χ1v) is 5.33. The summed E-state index contributed by atoms with van der Waals surface area (Å²) < 4.78 is 31.5. The summed E-state index contributed by atoms with van der Waals surface area (Å²) in [6, 6.07) is 0.